The van der Waals surface area contributed by atoms with E-state index >= 15 is 0 Å². The van der Waals surface area contributed by atoms with Crippen molar-refractivity contribution < 1.29 is 4.79 Å². The second kappa shape index (κ2) is 6.64. The second-order valence-corrected chi connectivity index (χ2v) is 7.14. The van der Waals surface area contributed by atoms with Gasteiger partial charge in [-0.05, 0) is 41.8 Å². The van der Waals surface area contributed by atoms with Crippen LogP contribution >= 0.6 is 11.3 Å². The monoisotopic (exact) mass is 350 g/mol. The van der Waals surface area contributed by atoms with Crippen LogP contribution < -0.4 is 5.32 Å². The minimum absolute atomic E-state index is 0.611. The van der Waals surface area contributed by atoms with Crippen molar-refractivity contribution in [1.29, 1.82) is 0 Å². The van der Waals surface area contributed by atoms with E-state index in [1.54, 1.807) is 0 Å². The number of rotatable bonds is 3. The van der Waals surface area contributed by atoms with E-state index in [4.69, 9.17) is 0 Å². The van der Waals surface area contributed by atoms with Crippen molar-refractivity contribution >= 4 is 44.0 Å². The van der Waals surface area contributed by atoms with Crippen LogP contribution in [0.5, 0.6) is 0 Å². The van der Waals surface area contributed by atoms with Gasteiger partial charge in [-0.15, -0.1) is 0 Å². The summed E-state index contributed by atoms with van der Waals surface area (Å²) in [5.74, 6) is 0. The zero-order chi connectivity index (χ0) is 17.2. The number of benzene rings is 2. The van der Waals surface area contributed by atoms with Crippen molar-refractivity contribution in [3.8, 4) is 11.1 Å². The highest BCUT2D eigenvalue weighted by Gasteiger charge is 2.11. The molecule has 1 aliphatic carbocycles. The van der Waals surface area contributed by atoms with E-state index in [2.05, 4.69) is 45.6 Å². The van der Waals surface area contributed by atoms with Crippen LogP contribution in [0.3, 0.4) is 0 Å². The normalized spacial score (nSPS) is 12.7. The molecule has 2 heterocycles. The van der Waals surface area contributed by atoms with E-state index in [9.17, 15) is 4.79 Å². The molecule has 126 valence electrons. The van der Waals surface area contributed by atoms with Gasteiger partial charge in [-0.1, -0.05) is 42.7 Å². The summed E-state index contributed by atoms with van der Waals surface area (Å²) in [4.78, 5) is 14.9. The van der Waals surface area contributed by atoms with Gasteiger partial charge in [0, 0.05) is 5.39 Å². The molecule has 6 heteroatoms. The number of nitrogens with zero attached hydrogens (tertiary/aromatic N) is 2. The first kappa shape index (κ1) is 15.8. The van der Waals surface area contributed by atoms with Crippen molar-refractivity contribution in [2.45, 2.75) is 26.2 Å². The number of nitrogens with one attached hydrogen (secondary N) is 2. The van der Waals surface area contributed by atoms with Crippen LogP contribution in [0.1, 0.15) is 24.8 Å². The molecule has 0 radical (unpaired) electrons. The molecule has 5 nitrogen and oxygen atoms in total. The Morgan fingerprint density at radius 3 is 2.80 bits per heavy atom. The molecular formula is C19H18N4OS. The summed E-state index contributed by atoms with van der Waals surface area (Å²) < 4.78 is 1.04. The number of aromatic amines is 1. The smallest absolute Gasteiger partial charge is 0.213 e. The first-order chi connectivity index (χ1) is 12.3. The molecule has 1 aliphatic rings. The number of hydrogen-bond acceptors (Lipinski definition) is 4. The molecule has 1 fully saturated rings. The number of carbonyl (C=O) groups excluding carboxylic acids is 1. The van der Waals surface area contributed by atoms with E-state index in [0.717, 1.165) is 26.7 Å². The highest BCUT2D eigenvalue weighted by molar-refractivity contribution is 7.22. The van der Waals surface area contributed by atoms with Crippen molar-refractivity contribution in [3.63, 3.8) is 0 Å². The number of anilines is 1. The fourth-order valence-electron chi connectivity index (χ4n) is 2.70. The van der Waals surface area contributed by atoms with Gasteiger partial charge in [0.25, 0.3) is 0 Å². The van der Waals surface area contributed by atoms with Crippen LogP contribution in [0.25, 0.3) is 32.2 Å². The third-order valence-corrected chi connectivity index (χ3v) is 4.99. The Morgan fingerprint density at radius 2 is 2.04 bits per heavy atom. The van der Waals surface area contributed by atoms with Gasteiger partial charge in [0.05, 0.1) is 21.9 Å². The summed E-state index contributed by atoms with van der Waals surface area (Å²) in [5.41, 5.74) is 5.40. The largest absolute Gasteiger partial charge is 0.305 e. The molecule has 0 unspecified atom stereocenters. The number of hydrogen-bond donors (Lipinski definition) is 2. The lowest BCUT2D eigenvalue weighted by Gasteiger charge is -2.07. The van der Waals surface area contributed by atoms with Crippen molar-refractivity contribution in [2.75, 3.05) is 5.32 Å². The maximum atomic E-state index is 10.5. The number of amides is 1. The number of thiazole rings is 1. The van der Waals surface area contributed by atoms with Crippen LogP contribution in [-0.2, 0) is 4.79 Å². The molecule has 0 spiro atoms. The molecule has 5 rings (SSSR count). The van der Waals surface area contributed by atoms with Gasteiger partial charge in [-0.2, -0.15) is 5.10 Å². The molecule has 2 aromatic heterocycles. The highest BCUT2D eigenvalue weighted by atomic mass is 32.1. The molecule has 25 heavy (non-hydrogen) atoms. The van der Waals surface area contributed by atoms with Crippen LogP contribution in [-0.4, -0.2) is 21.6 Å². The summed E-state index contributed by atoms with van der Waals surface area (Å²) in [6, 6.07) is 10.3. The number of fused-ring (bicyclic) bond motifs is 2. The van der Waals surface area contributed by atoms with Gasteiger partial charge in [0.1, 0.15) is 0 Å². The number of H-pyrrole nitrogens is 1. The average Bonchev–Trinajstić information content (AvgIpc) is 3.32. The Balaban J connectivity index is 0.000000474. The molecule has 0 aliphatic heterocycles. The first-order valence-corrected chi connectivity index (χ1v) is 9.12. The first-order valence-electron chi connectivity index (χ1n) is 8.30. The quantitative estimate of drug-likeness (QED) is 0.517. The molecule has 4 aromatic rings. The molecule has 0 atom stereocenters. The SMILES string of the molecule is C1CC1.Cc1ccc2[nH]ncc2c1-c1ccc2nc(NC=O)sc2c1. The fraction of sp³-hybridized carbons (Fsp3) is 0.211. The predicted octanol–water partition coefficient (Wildman–Crippen LogP) is 4.89. The molecule has 0 bridgehead atoms. The summed E-state index contributed by atoms with van der Waals surface area (Å²) in [6.45, 7) is 2.10. The topological polar surface area (TPSA) is 70.7 Å². The van der Waals surface area contributed by atoms with Crippen LogP contribution in [0, 0.1) is 6.92 Å². The van der Waals surface area contributed by atoms with E-state index in [1.807, 2.05) is 18.3 Å². The lowest BCUT2D eigenvalue weighted by molar-refractivity contribution is -0.105. The maximum Gasteiger partial charge on any atom is 0.213 e. The highest BCUT2D eigenvalue weighted by Crippen LogP contribution is 2.35. The zero-order valence-electron chi connectivity index (χ0n) is 13.9. The van der Waals surface area contributed by atoms with Gasteiger partial charge >= 0.3 is 0 Å². The summed E-state index contributed by atoms with van der Waals surface area (Å²) in [5, 5.41) is 11.5. The molecule has 2 N–H and O–H groups in total. The Morgan fingerprint density at radius 1 is 1.20 bits per heavy atom. The number of aryl methyl sites for hydroxylation is 1. The third-order valence-electron chi connectivity index (χ3n) is 4.05. The average molecular weight is 350 g/mol. The third kappa shape index (κ3) is 3.25. The van der Waals surface area contributed by atoms with Crippen molar-refractivity contribution in [3.05, 3.63) is 42.1 Å². The Bertz CT molecular complexity index is 1050. The van der Waals surface area contributed by atoms with Crippen molar-refractivity contribution in [2.24, 2.45) is 0 Å². The number of carbonyl (C=O) groups is 1. The van der Waals surface area contributed by atoms with Gasteiger partial charge in [-0.25, -0.2) is 4.98 Å². The second-order valence-electron chi connectivity index (χ2n) is 6.11. The molecular weight excluding hydrogens is 332 g/mol. The Labute approximate surface area is 149 Å². The maximum absolute atomic E-state index is 10.5. The summed E-state index contributed by atoms with van der Waals surface area (Å²) in [7, 11) is 0. The molecule has 1 amide bonds. The standard InChI is InChI=1S/C16H12N4OS.C3H6/c1-9-2-4-12-11(7-18-20-12)15(9)10-3-5-13-14(6-10)22-16(19-13)17-8-21;1-2-3-1/h2-8H,1H3,(H,18,20)(H,17,19,21);1-3H2. The van der Waals surface area contributed by atoms with Crippen LogP contribution in [0.2, 0.25) is 0 Å². The van der Waals surface area contributed by atoms with E-state index in [-0.39, 0.29) is 0 Å². The predicted molar refractivity (Wildman–Crippen MR) is 103 cm³/mol. The fourth-order valence-corrected chi connectivity index (χ4v) is 3.57. The van der Waals surface area contributed by atoms with Crippen LogP contribution in [0.15, 0.2) is 36.5 Å². The van der Waals surface area contributed by atoms with Gasteiger partial charge < -0.3 is 5.32 Å². The minimum atomic E-state index is 0.611. The van der Waals surface area contributed by atoms with Gasteiger partial charge in [-0.3, -0.25) is 9.89 Å². The zero-order valence-corrected chi connectivity index (χ0v) is 14.7. The number of aromatic nitrogens is 3. The molecule has 1 saturated carbocycles. The summed E-state index contributed by atoms with van der Waals surface area (Å²) in [6.07, 6.45) is 7.00. The van der Waals surface area contributed by atoms with Crippen LogP contribution in [0.4, 0.5) is 5.13 Å². The lowest BCUT2D eigenvalue weighted by Crippen LogP contribution is -1.91. The van der Waals surface area contributed by atoms with E-state index in [0.29, 0.717) is 11.5 Å². The van der Waals surface area contributed by atoms with Gasteiger partial charge in [0.15, 0.2) is 5.13 Å². The Kier molecular flexibility index (Phi) is 4.19. The summed E-state index contributed by atoms with van der Waals surface area (Å²) >= 11 is 1.47. The van der Waals surface area contributed by atoms with E-state index < -0.39 is 0 Å². The molecule has 2 aromatic carbocycles. The van der Waals surface area contributed by atoms with Crippen molar-refractivity contribution in [1.82, 2.24) is 15.2 Å². The van der Waals surface area contributed by atoms with E-state index in [1.165, 1.54) is 41.7 Å². The Hall–Kier alpha value is -2.73. The minimum Gasteiger partial charge on any atom is -0.305 e. The van der Waals surface area contributed by atoms with Gasteiger partial charge in [0.2, 0.25) is 6.41 Å². The lowest BCUT2D eigenvalue weighted by atomic mass is 9.97. The molecule has 0 saturated heterocycles.